The van der Waals surface area contributed by atoms with Crippen LogP contribution in [0.25, 0.3) is 22.0 Å². The van der Waals surface area contributed by atoms with Gasteiger partial charge in [-0.1, -0.05) is 44.8 Å². The van der Waals surface area contributed by atoms with Crippen LogP contribution in [0, 0.1) is 0 Å². The van der Waals surface area contributed by atoms with E-state index in [-0.39, 0.29) is 5.91 Å². The molecule has 35 heavy (non-hydrogen) atoms. The first-order valence-electron chi connectivity index (χ1n) is 12.2. The van der Waals surface area contributed by atoms with Crippen molar-refractivity contribution in [2.75, 3.05) is 27.4 Å². The van der Waals surface area contributed by atoms with Gasteiger partial charge in [0.2, 0.25) is 0 Å². The summed E-state index contributed by atoms with van der Waals surface area (Å²) in [4.78, 5) is 13.1. The SMILES string of the molecule is CCc1cc(C2=C(c3cn(COCC[Si](C)(C)C)c4ccccc34)CNC2=O)cc(OC)c1OC. The van der Waals surface area contributed by atoms with Gasteiger partial charge in [-0.15, -0.1) is 0 Å². The summed E-state index contributed by atoms with van der Waals surface area (Å²) in [6, 6.07) is 13.4. The maximum Gasteiger partial charge on any atom is 0.252 e. The fourth-order valence-corrected chi connectivity index (χ4v) is 5.36. The number of carbonyl (C=O) groups excluding carboxylic acids is 1. The van der Waals surface area contributed by atoms with Gasteiger partial charge in [-0.3, -0.25) is 4.79 Å². The third-order valence-corrected chi connectivity index (χ3v) is 8.22. The number of nitrogens with zero attached hydrogens (tertiary/aromatic N) is 1. The maximum atomic E-state index is 13.1. The lowest BCUT2D eigenvalue weighted by atomic mass is 9.94. The number of hydrogen-bond donors (Lipinski definition) is 1. The van der Waals surface area contributed by atoms with Gasteiger partial charge in [0, 0.05) is 38.4 Å². The average Bonchev–Trinajstić information content (AvgIpc) is 3.40. The van der Waals surface area contributed by atoms with E-state index in [2.05, 4.69) is 54.8 Å². The Labute approximate surface area is 208 Å². The molecule has 7 heteroatoms. The molecule has 3 aromatic rings. The molecule has 2 aromatic carbocycles. The Morgan fingerprint density at radius 3 is 2.54 bits per heavy atom. The van der Waals surface area contributed by atoms with E-state index in [0.29, 0.717) is 30.3 Å². The zero-order valence-corrected chi connectivity index (χ0v) is 22.7. The molecule has 1 N–H and O–H groups in total. The Morgan fingerprint density at radius 2 is 1.86 bits per heavy atom. The molecule has 0 unspecified atom stereocenters. The number of rotatable bonds is 10. The molecule has 0 fully saturated rings. The highest BCUT2D eigenvalue weighted by atomic mass is 28.3. The van der Waals surface area contributed by atoms with E-state index >= 15 is 0 Å². The molecule has 1 aliphatic heterocycles. The van der Waals surface area contributed by atoms with Crippen molar-refractivity contribution in [2.45, 2.75) is 45.8 Å². The average molecular weight is 493 g/mol. The molecule has 1 aliphatic rings. The third kappa shape index (κ3) is 5.16. The zero-order valence-electron chi connectivity index (χ0n) is 21.7. The van der Waals surface area contributed by atoms with Crippen LogP contribution in [0.4, 0.5) is 0 Å². The quantitative estimate of drug-likeness (QED) is 0.297. The largest absolute Gasteiger partial charge is 0.493 e. The van der Waals surface area contributed by atoms with E-state index in [1.165, 1.54) is 0 Å². The fraction of sp³-hybridized carbons (Fsp3) is 0.393. The van der Waals surface area contributed by atoms with Gasteiger partial charge < -0.3 is 24.1 Å². The fourth-order valence-electron chi connectivity index (χ4n) is 4.60. The van der Waals surface area contributed by atoms with Gasteiger partial charge in [-0.2, -0.15) is 0 Å². The second-order valence-electron chi connectivity index (χ2n) is 10.1. The predicted molar refractivity (Wildman–Crippen MR) is 145 cm³/mol. The highest BCUT2D eigenvalue weighted by Gasteiger charge is 2.28. The predicted octanol–water partition coefficient (Wildman–Crippen LogP) is 5.57. The topological polar surface area (TPSA) is 61.7 Å². The minimum Gasteiger partial charge on any atom is -0.493 e. The van der Waals surface area contributed by atoms with Crippen LogP contribution in [-0.4, -0.2) is 45.9 Å². The second kappa shape index (κ2) is 10.3. The Bertz CT molecular complexity index is 1240. The Balaban J connectivity index is 1.79. The van der Waals surface area contributed by atoms with Crippen LogP contribution in [0.2, 0.25) is 25.7 Å². The van der Waals surface area contributed by atoms with E-state index in [9.17, 15) is 4.79 Å². The molecular formula is C28H36N2O4Si. The number of hydrogen-bond acceptors (Lipinski definition) is 4. The Kier molecular flexibility index (Phi) is 7.38. The minimum atomic E-state index is -1.15. The first-order valence-corrected chi connectivity index (χ1v) is 15.9. The van der Waals surface area contributed by atoms with Crippen molar-refractivity contribution in [2.24, 2.45) is 0 Å². The number of benzene rings is 2. The molecule has 0 aliphatic carbocycles. The van der Waals surface area contributed by atoms with Crippen molar-refractivity contribution in [3.8, 4) is 11.5 Å². The van der Waals surface area contributed by atoms with Gasteiger partial charge in [0.15, 0.2) is 11.5 Å². The van der Waals surface area contributed by atoms with Gasteiger partial charge >= 0.3 is 0 Å². The molecule has 186 valence electrons. The van der Waals surface area contributed by atoms with Crippen molar-refractivity contribution >= 4 is 36.0 Å². The van der Waals surface area contributed by atoms with E-state index in [0.717, 1.165) is 52.2 Å². The normalized spacial score (nSPS) is 14.1. The first-order chi connectivity index (χ1) is 16.8. The second-order valence-corrected chi connectivity index (χ2v) is 15.8. The van der Waals surface area contributed by atoms with Crippen LogP contribution in [0.3, 0.4) is 0 Å². The van der Waals surface area contributed by atoms with E-state index in [1.807, 2.05) is 24.3 Å². The van der Waals surface area contributed by atoms with Crippen molar-refractivity contribution < 1.29 is 19.0 Å². The summed E-state index contributed by atoms with van der Waals surface area (Å²) in [5.41, 5.74) is 5.67. The van der Waals surface area contributed by atoms with Gasteiger partial charge in [0.05, 0.1) is 25.3 Å². The first kappa shape index (κ1) is 25.1. The number of carbonyl (C=O) groups is 1. The van der Waals surface area contributed by atoms with Crippen LogP contribution < -0.4 is 14.8 Å². The molecule has 0 saturated heterocycles. The molecule has 2 heterocycles. The summed E-state index contributed by atoms with van der Waals surface area (Å²) < 4.78 is 19.4. The molecule has 0 spiro atoms. The summed E-state index contributed by atoms with van der Waals surface area (Å²) in [5, 5.41) is 4.15. The molecule has 1 amide bonds. The molecule has 6 nitrogen and oxygen atoms in total. The van der Waals surface area contributed by atoms with Gasteiger partial charge in [-0.05, 0) is 47.4 Å². The Morgan fingerprint density at radius 1 is 1.09 bits per heavy atom. The lowest BCUT2D eigenvalue weighted by Gasteiger charge is -2.15. The number of aromatic nitrogens is 1. The van der Waals surface area contributed by atoms with E-state index in [1.54, 1.807) is 14.2 Å². The number of para-hydroxylation sites is 1. The number of aryl methyl sites for hydroxylation is 1. The molecule has 0 saturated carbocycles. The van der Waals surface area contributed by atoms with E-state index in [4.69, 9.17) is 14.2 Å². The highest BCUT2D eigenvalue weighted by Crippen LogP contribution is 2.40. The molecule has 1 aromatic heterocycles. The lowest BCUT2D eigenvalue weighted by molar-refractivity contribution is -0.114. The minimum absolute atomic E-state index is 0.0718. The smallest absolute Gasteiger partial charge is 0.252 e. The molecule has 0 atom stereocenters. The van der Waals surface area contributed by atoms with Gasteiger partial charge in [-0.25, -0.2) is 0 Å². The number of amides is 1. The maximum absolute atomic E-state index is 13.1. The molecule has 4 rings (SSSR count). The summed E-state index contributed by atoms with van der Waals surface area (Å²) in [6.07, 6.45) is 2.89. The zero-order chi connectivity index (χ0) is 25.2. The standard InChI is InChI=1S/C28H36N2O4Si/c1-7-19-14-20(15-25(32-2)27(19)33-3)26-22(16-29-28(26)31)23-17-30(18-34-12-13-35(4,5)6)24-11-9-8-10-21(23)24/h8-11,14-15,17H,7,12-13,16,18H2,1-6H3,(H,29,31). The van der Waals surface area contributed by atoms with Crippen molar-refractivity contribution in [3.63, 3.8) is 0 Å². The van der Waals surface area contributed by atoms with Crippen molar-refractivity contribution in [3.05, 3.63) is 59.3 Å². The van der Waals surface area contributed by atoms with Crippen molar-refractivity contribution in [1.29, 1.82) is 0 Å². The molecule has 0 radical (unpaired) electrons. The summed E-state index contributed by atoms with van der Waals surface area (Å²) in [5.74, 6) is 1.27. The third-order valence-electron chi connectivity index (χ3n) is 6.52. The van der Waals surface area contributed by atoms with Crippen LogP contribution in [0.5, 0.6) is 11.5 Å². The van der Waals surface area contributed by atoms with Crippen molar-refractivity contribution in [1.82, 2.24) is 9.88 Å². The molecular weight excluding hydrogens is 456 g/mol. The highest BCUT2D eigenvalue weighted by molar-refractivity contribution is 6.76. The summed E-state index contributed by atoms with van der Waals surface area (Å²) in [6.45, 7) is 10.9. The lowest BCUT2D eigenvalue weighted by Crippen LogP contribution is -2.21. The van der Waals surface area contributed by atoms with Crippen LogP contribution in [0.15, 0.2) is 42.6 Å². The summed E-state index contributed by atoms with van der Waals surface area (Å²) >= 11 is 0. The monoisotopic (exact) mass is 492 g/mol. The van der Waals surface area contributed by atoms with Crippen LogP contribution in [0.1, 0.15) is 23.6 Å². The number of fused-ring (bicyclic) bond motifs is 1. The summed E-state index contributed by atoms with van der Waals surface area (Å²) in [7, 11) is 2.12. The van der Waals surface area contributed by atoms with Crippen LogP contribution in [-0.2, 0) is 22.7 Å². The Hall–Kier alpha value is -3.03. The number of ether oxygens (including phenoxy) is 3. The van der Waals surface area contributed by atoms with E-state index < -0.39 is 8.07 Å². The molecule has 0 bridgehead atoms. The van der Waals surface area contributed by atoms with Crippen LogP contribution >= 0.6 is 0 Å². The van der Waals surface area contributed by atoms with Gasteiger partial charge in [0.1, 0.15) is 6.73 Å². The van der Waals surface area contributed by atoms with Gasteiger partial charge in [0.25, 0.3) is 5.91 Å². The number of methoxy groups -OCH3 is 2. The number of nitrogens with one attached hydrogen (secondary N) is 1.